The molecule has 0 saturated heterocycles. The molecule has 4 aromatic rings. The maximum absolute atomic E-state index is 13.2. The molecule has 0 saturated carbocycles. The summed E-state index contributed by atoms with van der Waals surface area (Å²) < 4.78 is 39.0. The Balaban J connectivity index is 1.27. The van der Waals surface area contributed by atoms with Gasteiger partial charge in [-0.15, -0.1) is 8.78 Å². The number of ether oxygens (including phenoxy) is 2. The van der Waals surface area contributed by atoms with Gasteiger partial charge < -0.3 is 14.5 Å². The van der Waals surface area contributed by atoms with Gasteiger partial charge in [-0.25, -0.2) is 4.98 Å². The van der Waals surface area contributed by atoms with E-state index in [0.29, 0.717) is 16.1 Å². The quantitative estimate of drug-likeness (QED) is 0.405. The molecule has 14 heteroatoms. The lowest BCUT2D eigenvalue weighted by Gasteiger charge is -2.04. The van der Waals surface area contributed by atoms with Crippen molar-refractivity contribution < 1.29 is 27.8 Å². The van der Waals surface area contributed by atoms with Gasteiger partial charge in [0.05, 0.1) is 11.0 Å². The average molecular weight is 479 g/mol. The summed E-state index contributed by atoms with van der Waals surface area (Å²) in [6, 6.07) is 8.76. The number of nitrogens with zero attached hydrogens (tertiary/aromatic N) is 3. The summed E-state index contributed by atoms with van der Waals surface area (Å²) in [5.41, 5.74) is 0.959. The molecule has 2 aromatic carbocycles. The van der Waals surface area contributed by atoms with Gasteiger partial charge in [0.15, 0.2) is 11.5 Å². The van der Waals surface area contributed by atoms with E-state index in [-0.39, 0.29) is 33.9 Å². The lowest BCUT2D eigenvalue weighted by Crippen LogP contribution is -2.25. The molecule has 1 aliphatic heterocycles. The van der Waals surface area contributed by atoms with Crippen LogP contribution in [0.5, 0.6) is 11.5 Å². The molecule has 0 spiro atoms. The Morgan fingerprint density at radius 2 is 1.75 bits per heavy atom. The molecule has 3 N–H and O–H groups in total. The predicted octanol–water partition coefficient (Wildman–Crippen LogP) is 3.89. The van der Waals surface area contributed by atoms with Crippen LogP contribution in [0.1, 0.15) is 21.0 Å². The van der Waals surface area contributed by atoms with Crippen molar-refractivity contribution >= 4 is 57.1 Å². The number of halogens is 3. The molecule has 1 aliphatic rings. The summed E-state index contributed by atoms with van der Waals surface area (Å²) in [5, 5.41) is 5.61. The summed E-state index contributed by atoms with van der Waals surface area (Å²) in [5.74, 6) is -1.64. The van der Waals surface area contributed by atoms with E-state index in [1.165, 1.54) is 12.1 Å². The number of hydrogen-bond acceptors (Lipinski definition) is 8. The zero-order chi connectivity index (χ0) is 22.5. The van der Waals surface area contributed by atoms with E-state index in [1.807, 2.05) is 0 Å². The Morgan fingerprint density at radius 3 is 2.50 bits per heavy atom. The van der Waals surface area contributed by atoms with Crippen LogP contribution in [0.25, 0.3) is 11.0 Å². The molecule has 10 nitrogen and oxygen atoms in total. The highest BCUT2D eigenvalue weighted by Crippen LogP contribution is 2.42. The van der Waals surface area contributed by atoms with Gasteiger partial charge >= 0.3 is 6.29 Å². The molecule has 0 atom stereocenters. The van der Waals surface area contributed by atoms with Crippen LogP contribution in [0, 0.1) is 0 Å². The van der Waals surface area contributed by atoms with E-state index < -0.39 is 18.1 Å². The Labute approximate surface area is 185 Å². The second-order valence-electron chi connectivity index (χ2n) is 6.41. The van der Waals surface area contributed by atoms with Gasteiger partial charge in [-0.05, 0) is 24.3 Å². The number of carbonyl (C=O) groups is 2. The van der Waals surface area contributed by atoms with Crippen LogP contribution >= 0.6 is 23.1 Å². The third-order valence-electron chi connectivity index (χ3n) is 4.19. The summed E-state index contributed by atoms with van der Waals surface area (Å²) in [4.78, 5) is 35.5. The second kappa shape index (κ2) is 7.39. The molecule has 2 aromatic heterocycles. The number of amides is 2. The highest BCUT2D eigenvalue weighted by atomic mass is 35.5. The van der Waals surface area contributed by atoms with Crippen LogP contribution in [0.15, 0.2) is 36.4 Å². The number of H-pyrrole nitrogens is 1. The molecular weight excluding hydrogens is 470 g/mol. The minimum atomic E-state index is -3.74. The van der Waals surface area contributed by atoms with Gasteiger partial charge in [0.1, 0.15) is 0 Å². The van der Waals surface area contributed by atoms with Crippen molar-refractivity contribution in [1.29, 1.82) is 0 Å². The van der Waals surface area contributed by atoms with E-state index in [1.54, 1.807) is 24.3 Å². The number of carbonyl (C=O) groups excluding carboxylic acids is 2. The average Bonchev–Trinajstić information content (AvgIpc) is 3.41. The topological polar surface area (TPSA) is 131 Å². The molecule has 3 heterocycles. The van der Waals surface area contributed by atoms with E-state index in [4.69, 9.17) is 11.6 Å². The van der Waals surface area contributed by atoms with Gasteiger partial charge in [-0.2, -0.15) is 9.36 Å². The molecule has 0 unspecified atom stereocenters. The first-order valence-electron chi connectivity index (χ1n) is 8.77. The van der Waals surface area contributed by atoms with E-state index in [0.717, 1.165) is 11.5 Å². The Bertz CT molecular complexity index is 1330. The molecule has 32 heavy (non-hydrogen) atoms. The smallest absolute Gasteiger partial charge is 0.395 e. The van der Waals surface area contributed by atoms with Gasteiger partial charge in [0.25, 0.3) is 11.8 Å². The molecule has 162 valence electrons. The molecule has 2 amide bonds. The molecule has 0 aliphatic carbocycles. The van der Waals surface area contributed by atoms with Crippen LogP contribution in [0.3, 0.4) is 0 Å². The molecule has 0 radical (unpaired) electrons. The van der Waals surface area contributed by atoms with Crippen LogP contribution < -0.4 is 20.1 Å². The number of hydrogen-bond donors (Lipinski definition) is 3. The Kier molecular flexibility index (Phi) is 4.64. The summed E-state index contributed by atoms with van der Waals surface area (Å²) >= 11 is 6.62. The van der Waals surface area contributed by atoms with E-state index >= 15 is 0 Å². The number of aromatic amines is 1. The molecule has 0 fully saturated rings. The summed E-state index contributed by atoms with van der Waals surface area (Å²) in [6.07, 6.45) is -3.74. The largest absolute Gasteiger partial charge is 0.586 e. The summed E-state index contributed by atoms with van der Waals surface area (Å²) in [7, 11) is 0. The van der Waals surface area contributed by atoms with Gasteiger partial charge in [0.2, 0.25) is 16.9 Å². The monoisotopic (exact) mass is 478 g/mol. The fraction of sp³-hybridized carbons (Fsp3) is 0.0556. The molecule has 0 bridgehead atoms. The number of fused-ring (bicyclic) bond motifs is 2. The number of aromatic nitrogens is 4. The standard InChI is InChI=1S/C18H9ClF2N6O4S/c19-8-3-1-7(2-4-8)14(28)26-17-24-13(27-32-17)15(29)25-16-22-9-5-11-12(6-10(9)23-16)31-18(20,21)30-11/h1-6H,(H2,22,23,25,29)(H,24,26,27,28). The predicted molar refractivity (Wildman–Crippen MR) is 110 cm³/mol. The number of rotatable bonds is 4. The number of nitrogens with one attached hydrogen (secondary N) is 3. The SMILES string of the molecule is O=C(Nc1nc(C(=O)Nc2nc3cc4c(cc3[nH]2)OC(F)(F)O4)ns1)c1ccc(Cl)cc1. The van der Waals surface area contributed by atoms with E-state index in [9.17, 15) is 18.4 Å². The van der Waals surface area contributed by atoms with Crippen molar-refractivity contribution in [2.24, 2.45) is 0 Å². The first kappa shape index (κ1) is 20.1. The molecular formula is C18H9ClF2N6O4S. The first-order valence-corrected chi connectivity index (χ1v) is 9.92. The van der Waals surface area contributed by atoms with Crippen molar-refractivity contribution in [3.05, 3.63) is 52.8 Å². The van der Waals surface area contributed by atoms with Crippen molar-refractivity contribution in [2.75, 3.05) is 10.6 Å². The zero-order valence-corrected chi connectivity index (χ0v) is 17.1. The number of alkyl halides is 2. The van der Waals surface area contributed by atoms with Crippen molar-refractivity contribution in [3.63, 3.8) is 0 Å². The minimum Gasteiger partial charge on any atom is -0.395 e. The van der Waals surface area contributed by atoms with E-state index in [2.05, 4.69) is 39.4 Å². The highest BCUT2D eigenvalue weighted by Gasteiger charge is 2.43. The summed E-state index contributed by atoms with van der Waals surface area (Å²) in [6.45, 7) is 0. The third-order valence-corrected chi connectivity index (χ3v) is 5.08. The van der Waals surface area contributed by atoms with Crippen LogP contribution in [0.2, 0.25) is 5.02 Å². The second-order valence-corrected chi connectivity index (χ2v) is 7.60. The van der Waals surface area contributed by atoms with Crippen molar-refractivity contribution in [2.45, 2.75) is 6.29 Å². The molecule has 5 rings (SSSR count). The van der Waals surface area contributed by atoms with Crippen LogP contribution in [0.4, 0.5) is 19.9 Å². The van der Waals surface area contributed by atoms with Gasteiger partial charge in [-0.1, -0.05) is 11.6 Å². The van der Waals surface area contributed by atoms with Crippen molar-refractivity contribution in [1.82, 2.24) is 19.3 Å². The lowest BCUT2D eigenvalue weighted by molar-refractivity contribution is -0.286. The number of benzene rings is 2. The number of anilines is 2. The lowest BCUT2D eigenvalue weighted by atomic mass is 10.2. The fourth-order valence-corrected chi connectivity index (χ4v) is 3.50. The minimum absolute atomic E-state index is 0.0296. The first-order chi connectivity index (χ1) is 15.3. The van der Waals surface area contributed by atoms with Crippen LogP contribution in [-0.4, -0.2) is 37.4 Å². The van der Waals surface area contributed by atoms with Crippen molar-refractivity contribution in [3.8, 4) is 11.5 Å². The van der Waals surface area contributed by atoms with Gasteiger partial charge in [-0.3, -0.25) is 20.2 Å². The normalized spacial score (nSPS) is 13.8. The number of imidazole rings is 1. The third kappa shape index (κ3) is 3.90. The Hall–Kier alpha value is -3.84. The fourth-order valence-electron chi connectivity index (χ4n) is 2.81. The maximum atomic E-state index is 13.2. The zero-order valence-electron chi connectivity index (χ0n) is 15.5. The maximum Gasteiger partial charge on any atom is 0.586 e. The van der Waals surface area contributed by atoms with Crippen LogP contribution in [-0.2, 0) is 0 Å². The highest BCUT2D eigenvalue weighted by molar-refractivity contribution is 7.10. The Morgan fingerprint density at radius 1 is 1.03 bits per heavy atom. The van der Waals surface area contributed by atoms with Gasteiger partial charge in [0, 0.05) is 34.3 Å².